The second kappa shape index (κ2) is 10.9. The summed E-state index contributed by atoms with van der Waals surface area (Å²) >= 11 is 0. The predicted molar refractivity (Wildman–Crippen MR) is 198 cm³/mol. The van der Waals surface area contributed by atoms with Crippen molar-refractivity contribution in [2.45, 2.75) is 0 Å². The first kappa shape index (κ1) is 26.4. The zero-order chi connectivity index (χ0) is 30.5. The van der Waals surface area contributed by atoms with E-state index < -0.39 is 0 Å². The van der Waals surface area contributed by atoms with Crippen LogP contribution in [0.1, 0.15) is 0 Å². The van der Waals surface area contributed by atoms with Crippen LogP contribution in [0.25, 0.3) is 87.6 Å². The van der Waals surface area contributed by atoms with Gasteiger partial charge in [-0.25, -0.2) is 0 Å². The Labute approximate surface area is 268 Å². The van der Waals surface area contributed by atoms with E-state index in [0.29, 0.717) is 0 Å². The Hall–Kier alpha value is -5.98. The molecule has 0 aliphatic carbocycles. The molecule has 0 atom stereocenters. The Morgan fingerprint density at radius 2 is 0.630 bits per heavy atom. The summed E-state index contributed by atoms with van der Waals surface area (Å²) in [6.07, 6.45) is 0. The van der Waals surface area contributed by atoms with Crippen molar-refractivity contribution in [3.63, 3.8) is 0 Å². The Morgan fingerprint density at radius 1 is 0.217 bits per heavy atom. The van der Waals surface area contributed by atoms with Crippen LogP contribution in [0.2, 0.25) is 0 Å². The van der Waals surface area contributed by atoms with Gasteiger partial charge in [0, 0.05) is 0 Å². The molecule has 0 heterocycles. The van der Waals surface area contributed by atoms with Crippen LogP contribution in [-0.2, 0) is 0 Å². The molecule has 46 heavy (non-hydrogen) atoms. The van der Waals surface area contributed by atoms with Gasteiger partial charge in [0.25, 0.3) is 0 Å². The Bertz CT molecular complexity index is 2520. The molecular formula is C46H30. The molecule has 9 aromatic rings. The molecule has 0 heteroatoms. The fourth-order valence-electron chi connectivity index (χ4n) is 7.27. The highest BCUT2D eigenvalue weighted by molar-refractivity contribution is 6.22. The van der Waals surface area contributed by atoms with E-state index in [1.807, 2.05) is 0 Å². The molecule has 0 amide bonds. The van der Waals surface area contributed by atoms with Crippen LogP contribution < -0.4 is 0 Å². The molecule has 0 bridgehead atoms. The van der Waals surface area contributed by atoms with Gasteiger partial charge in [-0.1, -0.05) is 158 Å². The van der Waals surface area contributed by atoms with Crippen LogP contribution in [0.5, 0.6) is 0 Å². The molecule has 0 spiro atoms. The minimum Gasteiger partial charge on any atom is -0.0622 e. The molecule has 0 aliphatic rings. The molecule has 0 fully saturated rings. The van der Waals surface area contributed by atoms with Crippen molar-refractivity contribution in [2.75, 3.05) is 0 Å². The lowest BCUT2D eigenvalue weighted by atomic mass is 9.84. The summed E-state index contributed by atoms with van der Waals surface area (Å²) in [7, 11) is 0. The van der Waals surface area contributed by atoms with E-state index in [1.165, 1.54) is 87.6 Å². The van der Waals surface area contributed by atoms with Gasteiger partial charge >= 0.3 is 0 Å². The molecular weight excluding hydrogens is 553 g/mol. The largest absolute Gasteiger partial charge is 0.0622 e. The smallest absolute Gasteiger partial charge is 0.00262 e. The first-order chi connectivity index (χ1) is 22.8. The molecule has 9 rings (SSSR count). The van der Waals surface area contributed by atoms with E-state index in [0.717, 1.165) is 0 Å². The topological polar surface area (TPSA) is 0 Å². The average Bonchev–Trinajstić information content (AvgIpc) is 3.13. The van der Waals surface area contributed by atoms with Gasteiger partial charge in [-0.3, -0.25) is 0 Å². The molecule has 0 nitrogen and oxygen atoms in total. The van der Waals surface area contributed by atoms with E-state index in [2.05, 4.69) is 182 Å². The zero-order valence-corrected chi connectivity index (χ0v) is 25.3. The van der Waals surface area contributed by atoms with Crippen LogP contribution in [0.3, 0.4) is 0 Å². The second-order valence-corrected chi connectivity index (χ2v) is 12.1. The number of fused-ring (bicyclic) bond motifs is 4. The van der Waals surface area contributed by atoms with E-state index in [4.69, 9.17) is 0 Å². The minimum atomic E-state index is 1.22. The van der Waals surface area contributed by atoms with Crippen molar-refractivity contribution < 1.29 is 0 Å². The SMILES string of the molecule is c1ccc(-c2cc3ccccc3cc2-c2cccc(-c3c4ccccc4c(-c4ccc5ccccc5c4)c4ccccc34)c2)cc1. The van der Waals surface area contributed by atoms with Gasteiger partial charge in [0.15, 0.2) is 0 Å². The van der Waals surface area contributed by atoms with E-state index in [1.54, 1.807) is 0 Å². The molecule has 0 saturated heterocycles. The molecule has 9 aromatic carbocycles. The Morgan fingerprint density at radius 3 is 1.22 bits per heavy atom. The normalized spacial score (nSPS) is 11.5. The third-order valence-corrected chi connectivity index (χ3v) is 9.40. The maximum Gasteiger partial charge on any atom is -0.00262 e. The molecule has 0 radical (unpaired) electrons. The van der Waals surface area contributed by atoms with Crippen molar-refractivity contribution >= 4 is 43.1 Å². The fraction of sp³-hybridized carbons (Fsp3) is 0. The first-order valence-electron chi connectivity index (χ1n) is 15.9. The Kier molecular flexibility index (Phi) is 6.25. The van der Waals surface area contributed by atoms with E-state index in [-0.39, 0.29) is 0 Å². The monoisotopic (exact) mass is 582 g/mol. The number of hydrogen-bond acceptors (Lipinski definition) is 0. The predicted octanol–water partition coefficient (Wildman–Crippen LogP) is 13.0. The van der Waals surface area contributed by atoms with Crippen molar-refractivity contribution in [3.05, 3.63) is 182 Å². The van der Waals surface area contributed by atoms with Crippen LogP contribution in [-0.4, -0.2) is 0 Å². The summed E-state index contributed by atoms with van der Waals surface area (Å²) in [6, 6.07) is 66.6. The number of benzene rings is 9. The van der Waals surface area contributed by atoms with Crippen molar-refractivity contribution in [1.82, 2.24) is 0 Å². The van der Waals surface area contributed by atoms with Gasteiger partial charge in [-0.05, 0) is 112 Å². The summed E-state index contributed by atoms with van der Waals surface area (Å²) in [6.45, 7) is 0. The van der Waals surface area contributed by atoms with Crippen LogP contribution in [0, 0.1) is 0 Å². The highest BCUT2D eigenvalue weighted by atomic mass is 14.2. The maximum atomic E-state index is 2.39. The summed E-state index contributed by atoms with van der Waals surface area (Å²) in [5.41, 5.74) is 9.97. The summed E-state index contributed by atoms with van der Waals surface area (Å²) in [5.74, 6) is 0. The lowest BCUT2D eigenvalue weighted by Crippen LogP contribution is -1.92. The van der Waals surface area contributed by atoms with Gasteiger partial charge < -0.3 is 0 Å². The third kappa shape index (κ3) is 4.38. The third-order valence-electron chi connectivity index (χ3n) is 9.40. The summed E-state index contributed by atoms with van der Waals surface area (Å²) in [5, 5.41) is 10.1. The first-order valence-corrected chi connectivity index (χ1v) is 15.9. The molecule has 0 unspecified atom stereocenters. The average molecular weight is 583 g/mol. The van der Waals surface area contributed by atoms with Crippen molar-refractivity contribution in [1.29, 1.82) is 0 Å². The quantitative estimate of drug-likeness (QED) is 0.181. The number of hydrogen-bond donors (Lipinski definition) is 0. The van der Waals surface area contributed by atoms with Crippen LogP contribution in [0.15, 0.2) is 182 Å². The molecule has 0 aliphatic heterocycles. The molecule has 214 valence electrons. The lowest BCUT2D eigenvalue weighted by molar-refractivity contribution is 1.60. The van der Waals surface area contributed by atoms with Gasteiger partial charge in [-0.15, -0.1) is 0 Å². The van der Waals surface area contributed by atoms with Crippen LogP contribution in [0.4, 0.5) is 0 Å². The minimum absolute atomic E-state index is 1.22. The van der Waals surface area contributed by atoms with Crippen molar-refractivity contribution in [3.8, 4) is 44.5 Å². The van der Waals surface area contributed by atoms with Gasteiger partial charge in [-0.2, -0.15) is 0 Å². The van der Waals surface area contributed by atoms with Crippen LogP contribution >= 0.6 is 0 Å². The highest BCUT2D eigenvalue weighted by Crippen LogP contribution is 2.45. The molecule has 0 saturated carbocycles. The highest BCUT2D eigenvalue weighted by Gasteiger charge is 2.18. The van der Waals surface area contributed by atoms with Gasteiger partial charge in [0.05, 0.1) is 0 Å². The second-order valence-electron chi connectivity index (χ2n) is 12.1. The van der Waals surface area contributed by atoms with Crippen molar-refractivity contribution in [2.24, 2.45) is 0 Å². The molecule has 0 aromatic heterocycles. The number of rotatable bonds is 4. The molecule has 0 N–H and O–H groups in total. The summed E-state index contributed by atoms with van der Waals surface area (Å²) < 4.78 is 0. The zero-order valence-electron chi connectivity index (χ0n) is 25.3. The summed E-state index contributed by atoms with van der Waals surface area (Å²) in [4.78, 5) is 0. The Balaban J connectivity index is 1.31. The lowest BCUT2D eigenvalue weighted by Gasteiger charge is -2.19. The maximum absolute atomic E-state index is 2.39. The van der Waals surface area contributed by atoms with Gasteiger partial charge in [0.2, 0.25) is 0 Å². The fourth-order valence-corrected chi connectivity index (χ4v) is 7.27. The van der Waals surface area contributed by atoms with E-state index >= 15 is 0 Å². The standard InChI is InChI=1S/C46H30/c1-2-14-32(15-3-1)43-29-34-17-6-7-18-35(34)30-44(43)36-19-12-20-37(28-36)45-39-21-8-10-23-41(39)46(42-24-11-9-22-40(42)45)38-26-25-31-13-4-5-16-33(31)27-38/h1-30H. The van der Waals surface area contributed by atoms with Gasteiger partial charge in [0.1, 0.15) is 0 Å². The van der Waals surface area contributed by atoms with E-state index in [9.17, 15) is 0 Å².